The van der Waals surface area contributed by atoms with E-state index in [2.05, 4.69) is 4.72 Å². The predicted molar refractivity (Wildman–Crippen MR) is 95.2 cm³/mol. The van der Waals surface area contributed by atoms with E-state index in [-0.39, 0.29) is 10.7 Å². The quantitative estimate of drug-likeness (QED) is 0.768. The first-order chi connectivity index (χ1) is 12.0. The van der Waals surface area contributed by atoms with E-state index < -0.39 is 16.1 Å². The highest BCUT2D eigenvalue weighted by atomic mass is 32.2. The van der Waals surface area contributed by atoms with E-state index in [1.54, 1.807) is 30.3 Å². The normalized spacial score (nSPS) is 15.7. The van der Waals surface area contributed by atoms with Crippen LogP contribution in [0.4, 0.5) is 4.39 Å². The van der Waals surface area contributed by atoms with Crippen LogP contribution < -0.4 is 4.72 Å². The first-order valence-corrected chi connectivity index (χ1v) is 9.42. The number of benzene rings is 3. The Morgan fingerprint density at radius 3 is 2.32 bits per heavy atom. The van der Waals surface area contributed by atoms with Crippen molar-refractivity contribution in [2.45, 2.75) is 17.9 Å². The van der Waals surface area contributed by atoms with Crippen LogP contribution in [0.2, 0.25) is 0 Å². The molecule has 126 valence electrons. The Labute approximate surface area is 146 Å². The number of halogens is 1. The van der Waals surface area contributed by atoms with E-state index in [1.165, 1.54) is 12.1 Å². The number of hydrogen-bond donors (Lipinski definition) is 1. The minimum Gasteiger partial charge on any atom is -0.207 e. The van der Waals surface area contributed by atoms with Crippen LogP contribution in [-0.2, 0) is 10.0 Å². The first kappa shape index (κ1) is 16.0. The van der Waals surface area contributed by atoms with Gasteiger partial charge in [-0.3, -0.25) is 0 Å². The smallest absolute Gasteiger partial charge is 0.207 e. The molecule has 0 bridgehead atoms. The molecule has 0 saturated heterocycles. The van der Waals surface area contributed by atoms with Crippen molar-refractivity contribution >= 4 is 10.0 Å². The molecule has 1 aliphatic carbocycles. The van der Waals surface area contributed by atoms with Crippen molar-refractivity contribution in [3.63, 3.8) is 0 Å². The van der Waals surface area contributed by atoms with Crippen molar-refractivity contribution in [2.24, 2.45) is 0 Å². The second kappa shape index (κ2) is 5.79. The summed E-state index contributed by atoms with van der Waals surface area (Å²) in [6.45, 7) is 1.90. The van der Waals surface area contributed by atoms with Crippen LogP contribution in [-0.4, -0.2) is 8.42 Å². The highest BCUT2D eigenvalue weighted by molar-refractivity contribution is 7.89. The zero-order chi connectivity index (χ0) is 17.6. The maximum atomic E-state index is 13.8. The summed E-state index contributed by atoms with van der Waals surface area (Å²) >= 11 is 0. The number of aryl methyl sites for hydroxylation is 1. The zero-order valence-electron chi connectivity index (χ0n) is 13.5. The molecule has 1 atom stereocenters. The Balaban J connectivity index is 1.80. The highest BCUT2D eigenvalue weighted by Crippen LogP contribution is 2.44. The summed E-state index contributed by atoms with van der Waals surface area (Å²) in [5, 5.41) is 0. The number of sulfonamides is 1. The zero-order valence-corrected chi connectivity index (χ0v) is 14.3. The molecular formula is C20H16FNO2S. The Morgan fingerprint density at radius 2 is 1.56 bits per heavy atom. The minimum absolute atomic E-state index is 0.195. The fraction of sp³-hybridized carbons (Fsp3) is 0.100. The van der Waals surface area contributed by atoms with Gasteiger partial charge in [0.05, 0.1) is 10.9 Å². The molecule has 3 aromatic rings. The molecule has 0 aliphatic heterocycles. The van der Waals surface area contributed by atoms with Crippen molar-refractivity contribution in [1.29, 1.82) is 0 Å². The van der Waals surface area contributed by atoms with Crippen LogP contribution in [0.3, 0.4) is 0 Å². The third kappa shape index (κ3) is 2.75. The van der Waals surface area contributed by atoms with Gasteiger partial charge in [-0.1, -0.05) is 48.0 Å². The van der Waals surface area contributed by atoms with Crippen molar-refractivity contribution in [1.82, 2.24) is 4.72 Å². The van der Waals surface area contributed by atoms with Crippen LogP contribution >= 0.6 is 0 Å². The maximum absolute atomic E-state index is 13.8. The van der Waals surface area contributed by atoms with E-state index in [4.69, 9.17) is 0 Å². The average molecular weight is 353 g/mol. The molecule has 1 aliphatic rings. The molecule has 0 fully saturated rings. The van der Waals surface area contributed by atoms with Gasteiger partial charge in [-0.15, -0.1) is 0 Å². The molecule has 3 nitrogen and oxygen atoms in total. The monoisotopic (exact) mass is 353 g/mol. The van der Waals surface area contributed by atoms with E-state index in [0.717, 1.165) is 22.3 Å². The Hall–Kier alpha value is -2.50. The second-order valence-electron chi connectivity index (χ2n) is 6.19. The average Bonchev–Trinajstić information content (AvgIpc) is 2.88. The fourth-order valence-corrected chi connectivity index (χ4v) is 4.44. The summed E-state index contributed by atoms with van der Waals surface area (Å²) in [6.07, 6.45) is 0. The third-order valence-electron chi connectivity index (χ3n) is 4.49. The van der Waals surface area contributed by atoms with E-state index in [1.807, 2.05) is 31.2 Å². The third-order valence-corrected chi connectivity index (χ3v) is 5.93. The molecule has 1 unspecified atom stereocenters. The van der Waals surface area contributed by atoms with Gasteiger partial charge in [-0.25, -0.2) is 12.8 Å². The number of fused-ring (bicyclic) bond motifs is 3. The summed E-state index contributed by atoms with van der Waals surface area (Å²) in [4.78, 5) is 0.195. The van der Waals surface area contributed by atoms with Gasteiger partial charge in [0, 0.05) is 0 Å². The van der Waals surface area contributed by atoms with Gasteiger partial charge in [0.1, 0.15) is 5.82 Å². The van der Waals surface area contributed by atoms with Crippen molar-refractivity contribution in [3.8, 4) is 11.1 Å². The Kier molecular flexibility index (Phi) is 3.71. The van der Waals surface area contributed by atoms with Gasteiger partial charge >= 0.3 is 0 Å². The molecule has 1 N–H and O–H groups in total. The van der Waals surface area contributed by atoms with Gasteiger partial charge in [0.25, 0.3) is 0 Å². The molecule has 0 aromatic heterocycles. The SMILES string of the molecule is Cc1ccc(S(=O)(=O)NC2c3ccccc3-c3ccc(F)cc32)cc1. The van der Waals surface area contributed by atoms with Gasteiger partial charge in [-0.2, -0.15) is 4.72 Å². The topological polar surface area (TPSA) is 46.2 Å². The van der Waals surface area contributed by atoms with Gasteiger partial charge in [0.2, 0.25) is 10.0 Å². The second-order valence-corrected chi connectivity index (χ2v) is 7.90. The van der Waals surface area contributed by atoms with Crippen molar-refractivity contribution in [3.05, 3.63) is 89.2 Å². The van der Waals surface area contributed by atoms with E-state index >= 15 is 0 Å². The predicted octanol–water partition coefficient (Wildman–Crippen LogP) is 4.18. The first-order valence-electron chi connectivity index (χ1n) is 7.93. The van der Waals surface area contributed by atoms with Gasteiger partial charge < -0.3 is 0 Å². The van der Waals surface area contributed by atoms with Crippen LogP contribution in [0.1, 0.15) is 22.7 Å². The molecule has 0 heterocycles. The number of nitrogens with one attached hydrogen (secondary N) is 1. The minimum atomic E-state index is -3.73. The van der Waals surface area contributed by atoms with Crippen molar-refractivity contribution < 1.29 is 12.8 Å². The molecule has 5 heteroatoms. The lowest BCUT2D eigenvalue weighted by molar-refractivity contribution is 0.572. The molecular weight excluding hydrogens is 337 g/mol. The van der Waals surface area contributed by atoms with Gasteiger partial charge in [0.15, 0.2) is 0 Å². The molecule has 3 aromatic carbocycles. The van der Waals surface area contributed by atoms with E-state index in [9.17, 15) is 12.8 Å². The summed E-state index contributed by atoms with van der Waals surface area (Å²) in [5.74, 6) is -0.383. The molecule has 0 spiro atoms. The summed E-state index contributed by atoms with van der Waals surface area (Å²) in [6, 6.07) is 18.1. The lowest BCUT2D eigenvalue weighted by atomic mass is 10.1. The van der Waals surface area contributed by atoms with Crippen LogP contribution in [0.15, 0.2) is 71.6 Å². The molecule has 0 radical (unpaired) electrons. The highest BCUT2D eigenvalue weighted by Gasteiger charge is 2.32. The summed E-state index contributed by atoms with van der Waals surface area (Å²) in [5.41, 5.74) is 4.23. The summed E-state index contributed by atoms with van der Waals surface area (Å²) < 4.78 is 42.1. The van der Waals surface area contributed by atoms with Crippen molar-refractivity contribution in [2.75, 3.05) is 0 Å². The largest absolute Gasteiger partial charge is 0.241 e. The molecule has 0 amide bonds. The van der Waals surface area contributed by atoms with E-state index in [0.29, 0.717) is 5.56 Å². The molecule has 25 heavy (non-hydrogen) atoms. The molecule has 4 rings (SSSR count). The lowest BCUT2D eigenvalue weighted by Crippen LogP contribution is -2.28. The fourth-order valence-electron chi connectivity index (χ4n) is 3.25. The number of rotatable bonds is 3. The van der Waals surface area contributed by atoms with Crippen LogP contribution in [0, 0.1) is 12.7 Å². The van der Waals surface area contributed by atoms with Crippen LogP contribution in [0.5, 0.6) is 0 Å². The number of hydrogen-bond acceptors (Lipinski definition) is 2. The Bertz CT molecular complexity index is 1060. The van der Waals surface area contributed by atoms with Gasteiger partial charge in [-0.05, 0) is 53.4 Å². The van der Waals surface area contributed by atoms with Crippen LogP contribution in [0.25, 0.3) is 11.1 Å². The summed E-state index contributed by atoms with van der Waals surface area (Å²) in [7, 11) is -3.73. The lowest BCUT2D eigenvalue weighted by Gasteiger charge is -2.16. The standard InChI is InChI=1S/C20H16FNO2S/c1-13-6-9-15(10-7-13)25(23,24)22-20-18-5-3-2-4-16(18)17-11-8-14(21)12-19(17)20/h2-12,20,22H,1H3. The Morgan fingerprint density at radius 1 is 0.880 bits per heavy atom. The maximum Gasteiger partial charge on any atom is 0.241 e. The molecule has 0 saturated carbocycles.